The fourth-order valence-corrected chi connectivity index (χ4v) is 1.77. The third-order valence-electron chi connectivity index (χ3n) is 3.10. The van der Waals surface area contributed by atoms with Crippen LogP contribution in [0.25, 0.3) is 0 Å². The van der Waals surface area contributed by atoms with Crippen LogP contribution in [0.15, 0.2) is 12.1 Å². The number of ether oxygens (including phenoxy) is 1. The quantitative estimate of drug-likeness (QED) is 0.776. The molecule has 1 aliphatic rings. The number of pyridine rings is 1. The molecule has 2 rings (SSSR count). The number of esters is 1. The predicted molar refractivity (Wildman–Crippen MR) is 65.8 cm³/mol. The Morgan fingerprint density at radius 1 is 1.59 bits per heavy atom. The molecule has 0 spiro atoms. The molecule has 0 bridgehead atoms. The second-order valence-corrected chi connectivity index (χ2v) is 4.30. The average Bonchev–Trinajstić information content (AvgIpc) is 2.28. The molecule has 17 heavy (non-hydrogen) atoms. The molecule has 1 aromatic heterocycles. The normalized spacial score (nSPS) is 15.1. The fourth-order valence-electron chi connectivity index (χ4n) is 1.77. The maximum Gasteiger partial charge on any atom is 0.356 e. The van der Waals surface area contributed by atoms with Crippen LogP contribution in [0.5, 0.6) is 0 Å². The van der Waals surface area contributed by atoms with Crippen LogP contribution in [0.1, 0.15) is 29.8 Å². The van der Waals surface area contributed by atoms with Gasteiger partial charge >= 0.3 is 5.97 Å². The minimum atomic E-state index is -0.448. The van der Waals surface area contributed by atoms with E-state index in [1.165, 1.54) is 26.4 Å². The van der Waals surface area contributed by atoms with Gasteiger partial charge in [0.15, 0.2) is 5.69 Å². The molecule has 0 radical (unpaired) electrons. The minimum Gasteiger partial charge on any atom is -0.464 e. The van der Waals surface area contributed by atoms with Crippen LogP contribution in [0.3, 0.4) is 0 Å². The molecular formula is C12H17N3O2. The molecule has 0 saturated heterocycles. The fraction of sp³-hybridized carbons (Fsp3) is 0.500. The van der Waals surface area contributed by atoms with Crippen LogP contribution in [-0.4, -0.2) is 24.6 Å². The molecule has 5 nitrogen and oxygen atoms in total. The summed E-state index contributed by atoms with van der Waals surface area (Å²) in [5.41, 5.74) is 6.63. The molecule has 1 heterocycles. The third kappa shape index (κ3) is 2.67. The molecule has 0 aliphatic heterocycles. The Balaban J connectivity index is 2.05. The number of nitrogens with zero attached hydrogens (tertiary/aromatic N) is 1. The molecule has 0 atom stereocenters. The van der Waals surface area contributed by atoms with Crippen molar-refractivity contribution in [3.8, 4) is 0 Å². The van der Waals surface area contributed by atoms with Crippen LogP contribution >= 0.6 is 0 Å². The zero-order valence-corrected chi connectivity index (χ0v) is 9.90. The highest BCUT2D eigenvalue weighted by molar-refractivity contribution is 5.88. The van der Waals surface area contributed by atoms with E-state index in [9.17, 15) is 4.79 Å². The number of carbonyl (C=O) groups excluding carboxylic acids is 1. The molecule has 0 amide bonds. The Hall–Kier alpha value is -1.78. The van der Waals surface area contributed by atoms with Gasteiger partial charge in [0.1, 0.15) is 5.82 Å². The van der Waals surface area contributed by atoms with E-state index in [1.54, 1.807) is 12.1 Å². The number of rotatable bonds is 4. The topological polar surface area (TPSA) is 77.2 Å². The van der Waals surface area contributed by atoms with Crippen molar-refractivity contribution < 1.29 is 9.53 Å². The monoisotopic (exact) mass is 235 g/mol. The molecular weight excluding hydrogens is 218 g/mol. The molecule has 92 valence electrons. The highest BCUT2D eigenvalue weighted by atomic mass is 16.5. The smallest absolute Gasteiger partial charge is 0.356 e. The summed E-state index contributed by atoms with van der Waals surface area (Å²) in [4.78, 5) is 15.5. The number of anilines is 2. The standard InChI is InChI=1S/C12H17N3O2/c1-17-12(16)10-6-5-9(13)11(15-10)14-7-8-3-2-4-8/h5-6,8H,2-4,7,13H2,1H3,(H,14,15). The lowest BCUT2D eigenvalue weighted by atomic mass is 9.85. The summed E-state index contributed by atoms with van der Waals surface area (Å²) in [5, 5.41) is 3.19. The van der Waals surface area contributed by atoms with Gasteiger partial charge in [-0.3, -0.25) is 0 Å². The largest absolute Gasteiger partial charge is 0.464 e. The van der Waals surface area contributed by atoms with Gasteiger partial charge in [0.25, 0.3) is 0 Å². The van der Waals surface area contributed by atoms with E-state index in [-0.39, 0.29) is 5.69 Å². The van der Waals surface area contributed by atoms with Crippen LogP contribution < -0.4 is 11.1 Å². The maximum atomic E-state index is 11.3. The Morgan fingerprint density at radius 3 is 2.94 bits per heavy atom. The highest BCUT2D eigenvalue weighted by Gasteiger charge is 2.18. The van der Waals surface area contributed by atoms with Crippen molar-refractivity contribution in [2.75, 3.05) is 24.7 Å². The van der Waals surface area contributed by atoms with Gasteiger partial charge in [-0.05, 0) is 30.9 Å². The van der Waals surface area contributed by atoms with Gasteiger partial charge in [0.05, 0.1) is 12.8 Å². The second-order valence-electron chi connectivity index (χ2n) is 4.30. The van der Waals surface area contributed by atoms with Crippen molar-refractivity contribution in [1.82, 2.24) is 4.98 Å². The van der Waals surface area contributed by atoms with Gasteiger partial charge in [-0.25, -0.2) is 9.78 Å². The summed E-state index contributed by atoms with van der Waals surface area (Å²) >= 11 is 0. The summed E-state index contributed by atoms with van der Waals surface area (Å²) in [5.74, 6) is 0.828. The van der Waals surface area contributed by atoms with Gasteiger partial charge in [0, 0.05) is 6.54 Å². The first-order chi connectivity index (χ1) is 8.20. The van der Waals surface area contributed by atoms with Crippen LogP contribution in [0.4, 0.5) is 11.5 Å². The summed E-state index contributed by atoms with van der Waals surface area (Å²) < 4.78 is 4.62. The minimum absolute atomic E-state index is 0.276. The van der Waals surface area contributed by atoms with Gasteiger partial charge in [-0.15, -0.1) is 0 Å². The van der Waals surface area contributed by atoms with E-state index < -0.39 is 5.97 Å². The number of carbonyl (C=O) groups is 1. The molecule has 1 fully saturated rings. The Labute approximate surface area is 100 Å². The molecule has 1 saturated carbocycles. The van der Waals surface area contributed by atoms with Crippen molar-refractivity contribution in [3.63, 3.8) is 0 Å². The lowest BCUT2D eigenvalue weighted by Gasteiger charge is -2.25. The number of aromatic nitrogens is 1. The number of nitrogen functional groups attached to an aromatic ring is 1. The van der Waals surface area contributed by atoms with E-state index >= 15 is 0 Å². The summed E-state index contributed by atoms with van der Waals surface area (Å²) in [6.45, 7) is 0.863. The second kappa shape index (κ2) is 5.03. The van der Waals surface area contributed by atoms with Gasteiger partial charge < -0.3 is 15.8 Å². The molecule has 3 N–H and O–H groups in total. The van der Waals surface area contributed by atoms with Gasteiger partial charge in [-0.1, -0.05) is 6.42 Å². The number of hydrogen-bond donors (Lipinski definition) is 2. The lowest BCUT2D eigenvalue weighted by Crippen LogP contribution is -2.22. The predicted octanol–water partition coefficient (Wildman–Crippen LogP) is 1.66. The summed E-state index contributed by atoms with van der Waals surface area (Å²) in [6.07, 6.45) is 3.81. The number of methoxy groups -OCH3 is 1. The van der Waals surface area contributed by atoms with Crippen molar-refractivity contribution in [2.24, 2.45) is 5.92 Å². The van der Waals surface area contributed by atoms with Crippen molar-refractivity contribution in [3.05, 3.63) is 17.8 Å². The summed E-state index contributed by atoms with van der Waals surface area (Å²) in [6, 6.07) is 3.23. The Morgan fingerprint density at radius 2 is 2.35 bits per heavy atom. The number of nitrogens with two attached hydrogens (primary N) is 1. The van der Waals surface area contributed by atoms with Crippen molar-refractivity contribution >= 4 is 17.5 Å². The first-order valence-electron chi connectivity index (χ1n) is 5.79. The SMILES string of the molecule is COC(=O)c1ccc(N)c(NCC2CCC2)n1. The van der Waals surface area contributed by atoms with Gasteiger partial charge in [0.2, 0.25) is 0 Å². The first kappa shape index (κ1) is 11.7. The molecule has 1 aliphatic carbocycles. The van der Waals surface area contributed by atoms with Gasteiger partial charge in [-0.2, -0.15) is 0 Å². The highest BCUT2D eigenvalue weighted by Crippen LogP contribution is 2.27. The van der Waals surface area contributed by atoms with E-state index in [0.29, 0.717) is 17.4 Å². The van der Waals surface area contributed by atoms with E-state index in [2.05, 4.69) is 15.0 Å². The maximum absolute atomic E-state index is 11.3. The Kier molecular flexibility index (Phi) is 3.46. The van der Waals surface area contributed by atoms with Crippen LogP contribution in [0.2, 0.25) is 0 Å². The first-order valence-corrected chi connectivity index (χ1v) is 5.79. The van der Waals surface area contributed by atoms with E-state index in [4.69, 9.17) is 5.73 Å². The van der Waals surface area contributed by atoms with Crippen molar-refractivity contribution in [2.45, 2.75) is 19.3 Å². The summed E-state index contributed by atoms with van der Waals surface area (Å²) in [7, 11) is 1.34. The Bertz CT molecular complexity index is 416. The molecule has 5 heteroatoms. The van der Waals surface area contributed by atoms with Crippen LogP contribution in [0, 0.1) is 5.92 Å². The van der Waals surface area contributed by atoms with E-state index in [0.717, 1.165) is 6.54 Å². The zero-order valence-electron chi connectivity index (χ0n) is 9.90. The third-order valence-corrected chi connectivity index (χ3v) is 3.10. The molecule has 1 aromatic rings. The lowest BCUT2D eigenvalue weighted by molar-refractivity contribution is 0.0594. The zero-order chi connectivity index (χ0) is 12.3. The van der Waals surface area contributed by atoms with Crippen molar-refractivity contribution in [1.29, 1.82) is 0 Å². The average molecular weight is 235 g/mol. The number of nitrogens with one attached hydrogen (secondary N) is 1. The van der Waals surface area contributed by atoms with E-state index in [1.807, 2.05) is 0 Å². The number of hydrogen-bond acceptors (Lipinski definition) is 5. The molecule has 0 aromatic carbocycles. The molecule has 0 unspecified atom stereocenters. The van der Waals surface area contributed by atoms with Crippen LogP contribution in [-0.2, 0) is 4.74 Å².